The Hall–Kier alpha value is -2.23. The summed E-state index contributed by atoms with van der Waals surface area (Å²) in [7, 11) is 0. The molecule has 0 unspecified atom stereocenters. The fourth-order valence-electron chi connectivity index (χ4n) is 2.04. The molecule has 0 aliphatic heterocycles. The lowest BCUT2D eigenvalue weighted by atomic mass is 10.1. The van der Waals surface area contributed by atoms with Crippen LogP contribution in [0.3, 0.4) is 0 Å². The maximum absolute atomic E-state index is 13.1. The Balaban J connectivity index is 1.95. The predicted octanol–water partition coefficient (Wildman–Crippen LogP) is 3.74. The molecule has 1 aromatic heterocycles. The van der Waals surface area contributed by atoms with Gasteiger partial charge in [-0.25, -0.2) is 13.8 Å². The molecule has 0 radical (unpaired) electrons. The minimum atomic E-state index is -0.874. The van der Waals surface area contributed by atoms with E-state index in [1.165, 1.54) is 5.56 Å². The van der Waals surface area contributed by atoms with Gasteiger partial charge in [0.15, 0.2) is 11.6 Å². The van der Waals surface area contributed by atoms with Crippen molar-refractivity contribution in [1.82, 2.24) is 9.97 Å². The van der Waals surface area contributed by atoms with Crippen LogP contribution in [0.2, 0.25) is 0 Å². The van der Waals surface area contributed by atoms with E-state index in [9.17, 15) is 8.78 Å². The zero-order valence-electron chi connectivity index (χ0n) is 10.4. The first kappa shape index (κ1) is 11.8. The van der Waals surface area contributed by atoms with E-state index in [1.807, 2.05) is 31.2 Å². The number of aromatic amines is 1. The molecule has 19 heavy (non-hydrogen) atoms. The number of nitrogens with zero attached hydrogens (tertiary/aromatic N) is 1. The van der Waals surface area contributed by atoms with Gasteiger partial charge in [-0.05, 0) is 12.5 Å². The fraction of sp³-hybridized carbons (Fsp3) is 0.133. The number of aromatic nitrogens is 2. The van der Waals surface area contributed by atoms with Gasteiger partial charge in [0.1, 0.15) is 5.82 Å². The molecule has 0 atom stereocenters. The normalized spacial score (nSPS) is 11.1. The van der Waals surface area contributed by atoms with Crippen LogP contribution in [-0.2, 0) is 6.42 Å². The fourth-order valence-corrected chi connectivity index (χ4v) is 2.04. The molecule has 1 heterocycles. The number of halogens is 2. The monoisotopic (exact) mass is 258 g/mol. The average molecular weight is 258 g/mol. The van der Waals surface area contributed by atoms with Crippen LogP contribution in [0.1, 0.15) is 17.0 Å². The van der Waals surface area contributed by atoms with E-state index in [4.69, 9.17) is 0 Å². The molecule has 0 spiro atoms. The molecule has 0 fully saturated rings. The van der Waals surface area contributed by atoms with Crippen molar-refractivity contribution in [1.29, 1.82) is 0 Å². The van der Waals surface area contributed by atoms with Crippen molar-refractivity contribution in [2.75, 3.05) is 0 Å². The van der Waals surface area contributed by atoms with Gasteiger partial charge in [0.25, 0.3) is 0 Å². The van der Waals surface area contributed by atoms with E-state index in [0.29, 0.717) is 23.3 Å². The van der Waals surface area contributed by atoms with Crippen LogP contribution in [0.15, 0.2) is 36.4 Å². The Labute approximate surface area is 109 Å². The lowest BCUT2D eigenvalue weighted by molar-refractivity contribution is 0.510. The minimum Gasteiger partial charge on any atom is -0.342 e. The zero-order valence-corrected chi connectivity index (χ0v) is 10.4. The maximum atomic E-state index is 13.1. The van der Waals surface area contributed by atoms with Gasteiger partial charge in [0.2, 0.25) is 0 Å². The molecule has 0 aliphatic carbocycles. The molecule has 0 saturated heterocycles. The van der Waals surface area contributed by atoms with Gasteiger partial charge in [-0.1, -0.05) is 29.8 Å². The number of benzene rings is 2. The second-order valence-electron chi connectivity index (χ2n) is 4.63. The van der Waals surface area contributed by atoms with Crippen LogP contribution in [-0.4, -0.2) is 9.97 Å². The summed E-state index contributed by atoms with van der Waals surface area (Å²) in [5, 5.41) is 0. The highest BCUT2D eigenvalue weighted by Crippen LogP contribution is 2.18. The van der Waals surface area contributed by atoms with Crippen molar-refractivity contribution in [3.8, 4) is 0 Å². The van der Waals surface area contributed by atoms with Crippen molar-refractivity contribution < 1.29 is 8.78 Å². The van der Waals surface area contributed by atoms with Crippen LogP contribution < -0.4 is 0 Å². The number of hydrogen-bond donors (Lipinski definition) is 1. The number of rotatable bonds is 2. The van der Waals surface area contributed by atoms with Crippen molar-refractivity contribution in [3.05, 3.63) is 65.0 Å². The number of hydrogen-bond acceptors (Lipinski definition) is 1. The van der Waals surface area contributed by atoms with Crippen LogP contribution >= 0.6 is 0 Å². The van der Waals surface area contributed by atoms with Crippen LogP contribution in [0.4, 0.5) is 8.78 Å². The molecule has 0 saturated carbocycles. The summed E-state index contributed by atoms with van der Waals surface area (Å²) in [6.45, 7) is 2.02. The quantitative estimate of drug-likeness (QED) is 0.745. The zero-order chi connectivity index (χ0) is 13.4. The summed E-state index contributed by atoms with van der Waals surface area (Å²) in [4.78, 5) is 7.28. The number of fused-ring (bicyclic) bond motifs is 1. The summed E-state index contributed by atoms with van der Waals surface area (Å²) in [6.07, 6.45) is 0.609. The van der Waals surface area contributed by atoms with E-state index in [2.05, 4.69) is 9.97 Å². The van der Waals surface area contributed by atoms with Gasteiger partial charge < -0.3 is 4.98 Å². The molecule has 1 N–H and O–H groups in total. The predicted molar refractivity (Wildman–Crippen MR) is 70.0 cm³/mol. The first-order valence-electron chi connectivity index (χ1n) is 6.01. The molecule has 2 nitrogen and oxygen atoms in total. The van der Waals surface area contributed by atoms with Crippen LogP contribution in [0.25, 0.3) is 11.0 Å². The Kier molecular flexibility index (Phi) is 2.78. The SMILES string of the molecule is Cc1ccc(Cc2nc3cc(F)c(F)cc3[nH]2)cc1. The topological polar surface area (TPSA) is 28.7 Å². The Morgan fingerprint density at radius 2 is 1.74 bits per heavy atom. The highest BCUT2D eigenvalue weighted by atomic mass is 19.2. The second kappa shape index (κ2) is 4.46. The Morgan fingerprint density at radius 3 is 2.47 bits per heavy atom. The molecule has 3 rings (SSSR count). The molecule has 2 aromatic carbocycles. The first-order valence-corrected chi connectivity index (χ1v) is 6.01. The molecule has 96 valence electrons. The van der Waals surface area contributed by atoms with E-state index in [-0.39, 0.29) is 0 Å². The van der Waals surface area contributed by atoms with E-state index >= 15 is 0 Å². The third-order valence-corrected chi connectivity index (χ3v) is 3.07. The van der Waals surface area contributed by atoms with Crippen molar-refractivity contribution in [2.24, 2.45) is 0 Å². The van der Waals surface area contributed by atoms with Gasteiger partial charge in [0, 0.05) is 18.6 Å². The molecule has 4 heteroatoms. The number of aryl methyl sites for hydroxylation is 1. The van der Waals surface area contributed by atoms with Crippen molar-refractivity contribution in [2.45, 2.75) is 13.3 Å². The van der Waals surface area contributed by atoms with Crippen molar-refractivity contribution in [3.63, 3.8) is 0 Å². The van der Waals surface area contributed by atoms with Gasteiger partial charge in [0.05, 0.1) is 11.0 Å². The van der Waals surface area contributed by atoms with Gasteiger partial charge in [-0.3, -0.25) is 0 Å². The smallest absolute Gasteiger partial charge is 0.161 e. The first-order chi connectivity index (χ1) is 9.11. The number of H-pyrrole nitrogens is 1. The summed E-state index contributed by atoms with van der Waals surface area (Å²) >= 11 is 0. The maximum Gasteiger partial charge on any atom is 0.161 e. The molecular formula is C15H12F2N2. The van der Waals surface area contributed by atoms with Crippen molar-refractivity contribution >= 4 is 11.0 Å². The summed E-state index contributed by atoms with van der Waals surface area (Å²) < 4.78 is 26.2. The largest absolute Gasteiger partial charge is 0.342 e. The lowest BCUT2D eigenvalue weighted by Crippen LogP contribution is -1.90. The number of nitrogens with one attached hydrogen (secondary N) is 1. The summed E-state index contributed by atoms with van der Waals surface area (Å²) in [6, 6.07) is 10.3. The molecular weight excluding hydrogens is 246 g/mol. The van der Waals surface area contributed by atoms with E-state index in [1.54, 1.807) is 0 Å². The Bertz CT molecular complexity index is 691. The molecule has 3 aromatic rings. The average Bonchev–Trinajstić information content (AvgIpc) is 2.74. The summed E-state index contributed by atoms with van der Waals surface area (Å²) in [5.41, 5.74) is 3.25. The lowest BCUT2D eigenvalue weighted by Gasteiger charge is -1.98. The number of imidazole rings is 1. The van der Waals surface area contributed by atoms with Crippen LogP contribution in [0.5, 0.6) is 0 Å². The van der Waals surface area contributed by atoms with Gasteiger partial charge >= 0.3 is 0 Å². The third kappa shape index (κ3) is 2.34. The van der Waals surface area contributed by atoms with Crippen LogP contribution in [0, 0.1) is 18.6 Å². The van der Waals surface area contributed by atoms with E-state index in [0.717, 1.165) is 17.7 Å². The van der Waals surface area contributed by atoms with Gasteiger partial charge in [-0.15, -0.1) is 0 Å². The molecule has 0 amide bonds. The Morgan fingerprint density at radius 1 is 1.05 bits per heavy atom. The highest BCUT2D eigenvalue weighted by Gasteiger charge is 2.08. The molecule has 0 aliphatic rings. The van der Waals surface area contributed by atoms with Gasteiger partial charge in [-0.2, -0.15) is 0 Å². The minimum absolute atomic E-state index is 0.445. The highest BCUT2D eigenvalue weighted by molar-refractivity contribution is 5.75. The second-order valence-corrected chi connectivity index (χ2v) is 4.63. The third-order valence-electron chi connectivity index (χ3n) is 3.07. The van der Waals surface area contributed by atoms with E-state index < -0.39 is 11.6 Å². The standard InChI is InChI=1S/C15H12F2N2/c1-9-2-4-10(5-3-9)6-15-18-13-7-11(16)12(17)8-14(13)19-15/h2-5,7-8H,6H2,1H3,(H,18,19). The summed E-state index contributed by atoms with van der Waals surface area (Å²) in [5.74, 6) is -1.04. The molecule has 0 bridgehead atoms.